The highest BCUT2D eigenvalue weighted by Gasteiger charge is 2.23. The molecule has 1 fully saturated rings. The Hall–Kier alpha value is -1.83. The van der Waals surface area contributed by atoms with Gasteiger partial charge < -0.3 is 15.9 Å². The predicted octanol–water partition coefficient (Wildman–Crippen LogP) is 1.85. The van der Waals surface area contributed by atoms with Crippen molar-refractivity contribution in [2.45, 2.75) is 19.4 Å². The lowest BCUT2D eigenvalue weighted by Crippen LogP contribution is -2.38. The van der Waals surface area contributed by atoms with Crippen LogP contribution in [0.4, 0.5) is 0 Å². The molecule has 1 aromatic rings. The second kappa shape index (κ2) is 9.46. The number of hydrogen-bond donors (Lipinski definition) is 3. The summed E-state index contributed by atoms with van der Waals surface area (Å²) in [6.45, 7) is 2.44. The summed E-state index contributed by atoms with van der Waals surface area (Å²) in [4.78, 5) is 31.5. The van der Waals surface area contributed by atoms with Crippen molar-refractivity contribution < 1.29 is 24.6 Å². The molecule has 0 unspecified atom stereocenters. The zero-order valence-corrected chi connectivity index (χ0v) is 14.3. The molecule has 2 rings (SSSR count). The maximum absolute atomic E-state index is 11.1. The quantitative estimate of drug-likeness (QED) is 0.692. The SMILES string of the molecule is NC(=O)C1CCN(Cc2c(Cl)cccc2Cl)CC1.O=C(O)C(=O)O. The van der Waals surface area contributed by atoms with E-state index >= 15 is 0 Å². The van der Waals surface area contributed by atoms with Gasteiger partial charge in [-0.1, -0.05) is 29.3 Å². The van der Waals surface area contributed by atoms with Gasteiger partial charge in [-0.25, -0.2) is 9.59 Å². The van der Waals surface area contributed by atoms with E-state index in [9.17, 15) is 4.79 Å². The van der Waals surface area contributed by atoms with Crippen LogP contribution in [-0.4, -0.2) is 46.0 Å². The third-order valence-corrected chi connectivity index (χ3v) is 4.32. The number of halogens is 2. The van der Waals surface area contributed by atoms with Gasteiger partial charge in [0.05, 0.1) is 0 Å². The molecule has 9 heteroatoms. The molecule has 4 N–H and O–H groups in total. The Morgan fingerprint density at radius 3 is 1.92 bits per heavy atom. The second-order valence-electron chi connectivity index (χ2n) is 5.26. The van der Waals surface area contributed by atoms with Crippen molar-refractivity contribution in [3.05, 3.63) is 33.8 Å². The van der Waals surface area contributed by atoms with Gasteiger partial charge in [-0.3, -0.25) is 9.69 Å². The average molecular weight is 377 g/mol. The van der Waals surface area contributed by atoms with Gasteiger partial charge in [0, 0.05) is 28.1 Å². The van der Waals surface area contributed by atoms with E-state index in [4.69, 9.17) is 48.7 Å². The van der Waals surface area contributed by atoms with Gasteiger partial charge >= 0.3 is 11.9 Å². The lowest BCUT2D eigenvalue weighted by molar-refractivity contribution is -0.159. The van der Waals surface area contributed by atoms with Crippen LogP contribution in [0.2, 0.25) is 10.0 Å². The number of primary amides is 1. The molecule has 0 spiro atoms. The van der Waals surface area contributed by atoms with Gasteiger partial charge in [-0.05, 0) is 38.1 Å². The first kappa shape index (κ1) is 20.2. The van der Waals surface area contributed by atoms with E-state index in [2.05, 4.69) is 4.90 Å². The summed E-state index contributed by atoms with van der Waals surface area (Å²) in [5, 5.41) is 16.2. The van der Waals surface area contributed by atoms with Crippen LogP contribution in [0.25, 0.3) is 0 Å². The molecule has 0 atom stereocenters. The summed E-state index contributed by atoms with van der Waals surface area (Å²) >= 11 is 12.3. The Morgan fingerprint density at radius 2 is 1.54 bits per heavy atom. The maximum Gasteiger partial charge on any atom is 0.414 e. The van der Waals surface area contributed by atoms with Gasteiger partial charge in [0.2, 0.25) is 5.91 Å². The van der Waals surface area contributed by atoms with Crippen LogP contribution < -0.4 is 5.73 Å². The van der Waals surface area contributed by atoms with E-state index in [1.165, 1.54) is 0 Å². The Kier molecular flexibility index (Phi) is 7.97. The molecule has 1 aromatic carbocycles. The molecule has 0 saturated carbocycles. The molecule has 0 bridgehead atoms. The van der Waals surface area contributed by atoms with Gasteiger partial charge in [0.15, 0.2) is 0 Å². The zero-order valence-electron chi connectivity index (χ0n) is 12.7. The molecule has 1 saturated heterocycles. The summed E-state index contributed by atoms with van der Waals surface area (Å²) in [6.07, 6.45) is 1.63. The van der Waals surface area contributed by atoms with E-state index in [-0.39, 0.29) is 11.8 Å². The van der Waals surface area contributed by atoms with Gasteiger partial charge in [0.25, 0.3) is 0 Å². The first-order valence-corrected chi connectivity index (χ1v) is 7.88. The molecule has 132 valence electrons. The minimum atomic E-state index is -1.82. The Bertz CT molecular complexity index is 584. The summed E-state index contributed by atoms with van der Waals surface area (Å²) in [6, 6.07) is 5.53. The van der Waals surface area contributed by atoms with Gasteiger partial charge in [-0.15, -0.1) is 0 Å². The van der Waals surface area contributed by atoms with E-state index in [0.717, 1.165) is 38.0 Å². The van der Waals surface area contributed by atoms with E-state index in [0.29, 0.717) is 10.0 Å². The summed E-state index contributed by atoms with van der Waals surface area (Å²) < 4.78 is 0. The lowest BCUT2D eigenvalue weighted by Gasteiger charge is -2.30. The largest absolute Gasteiger partial charge is 0.473 e. The first-order chi connectivity index (χ1) is 11.2. The number of carboxylic acids is 2. The van der Waals surface area contributed by atoms with Crippen LogP contribution >= 0.6 is 23.2 Å². The number of nitrogens with two attached hydrogens (primary N) is 1. The number of aliphatic carboxylic acids is 2. The highest BCUT2D eigenvalue weighted by Crippen LogP contribution is 2.27. The van der Waals surface area contributed by atoms with Crippen molar-refractivity contribution >= 4 is 41.0 Å². The van der Waals surface area contributed by atoms with Crippen molar-refractivity contribution in [2.75, 3.05) is 13.1 Å². The predicted molar refractivity (Wildman–Crippen MR) is 88.9 cm³/mol. The van der Waals surface area contributed by atoms with Crippen molar-refractivity contribution in [3.63, 3.8) is 0 Å². The lowest BCUT2D eigenvalue weighted by atomic mass is 9.96. The number of benzene rings is 1. The van der Waals surface area contributed by atoms with Gasteiger partial charge in [0.1, 0.15) is 0 Å². The molecule has 1 aliphatic rings. The summed E-state index contributed by atoms with van der Waals surface area (Å²) in [5.41, 5.74) is 6.27. The third kappa shape index (κ3) is 6.35. The molecule has 0 radical (unpaired) electrons. The molecule has 1 aliphatic heterocycles. The standard InChI is InChI=1S/C13H16Cl2N2O.C2H2O4/c14-11-2-1-3-12(15)10(11)8-17-6-4-9(5-7-17)13(16)18;3-1(4)2(5)6/h1-3,9H,4-8H2,(H2,16,18);(H,3,4)(H,5,6). The van der Waals surface area contributed by atoms with Crippen LogP contribution in [0.1, 0.15) is 18.4 Å². The van der Waals surface area contributed by atoms with Crippen LogP contribution in [0.3, 0.4) is 0 Å². The van der Waals surface area contributed by atoms with Crippen LogP contribution in [-0.2, 0) is 20.9 Å². The number of carbonyl (C=O) groups is 3. The molecule has 24 heavy (non-hydrogen) atoms. The average Bonchev–Trinajstić information content (AvgIpc) is 2.52. The Labute approximate surface area is 148 Å². The number of carbonyl (C=O) groups excluding carboxylic acids is 1. The van der Waals surface area contributed by atoms with E-state index in [1.54, 1.807) is 0 Å². The Morgan fingerprint density at radius 1 is 1.08 bits per heavy atom. The number of rotatable bonds is 3. The Balaban J connectivity index is 0.000000413. The second-order valence-corrected chi connectivity index (χ2v) is 6.08. The fourth-order valence-corrected chi connectivity index (χ4v) is 2.80. The molecule has 1 heterocycles. The minimum Gasteiger partial charge on any atom is -0.473 e. The molecule has 1 amide bonds. The van der Waals surface area contributed by atoms with Crippen LogP contribution in [0.5, 0.6) is 0 Å². The number of carboxylic acid groups (broad SMARTS) is 2. The number of hydrogen-bond acceptors (Lipinski definition) is 4. The molecule has 7 nitrogen and oxygen atoms in total. The number of likely N-dealkylation sites (tertiary alicyclic amines) is 1. The highest BCUT2D eigenvalue weighted by molar-refractivity contribution is 6.36. The normalized spacial score (nSPS) is 15.2. The monoisotopic (exact) mass is 376 g/mol. The van der Waals surface area contributed by atoms with Crippen molar-refractivity contribution in [2.24, 2.45) is 11.7 Å². The summed E-state index contributed by atoms with van der Waals surface area (Å²) in [7, 11) is 0. The smallest absolute Gasteiger partial charge is 0.414 e. The van der Waals surface area contributed by atoms with Crippen molar-refractivity contribution in [3.8, 4) is 0 Å². The fraction of sp³-hybridized carbons (Fsp3) is 0.400. The van der Waals surface area contributed by atoms with Crippen molar-refractivity contribution in [1.82, 2.24) is 4.90 Å². The number of piperidine rings is 1. The zero-order chi connectivity index (χ0) is 18.3. The van der Waals surface area contributed by atoms with Crippen molar-refractivity contribution in [1.29, 1.82) is 0 Å². The number of amides is 1. The van der Waals surface area contributed by atoms with Crippen LogP contribution in [0.15, 0.2) is 18.2 Å². The molecule has 0 aromatic heterocycles. The minimum absolute atomic E-state index is 0.0166. The van der Waals surface area contributed by atoms with Gasteiger partial charge in [-0.2, -0.15) is 0 Å². The fourth-order valence-electron chi connectivity index (χ4n) is 2.28. The third-order valence-electron chi connectivity index (χ3n) is 3.62. The maximum atomic E-state index is 11.1. The summed E-state index contributed by atoms with van der Waals surface area (Å²) in [5.74, 6) is -3.82. The molecular formula is C15H18Cl2N2O5. The molecular weight excluding hydrogens is 359 g/mol. The van der Waals surface area contributed by atoms with Crippen LogP contribution in [0, 0.1) is 5.92 Å². The number of nitrogens with zero attached hydrogens (tertiary/aromatic N) is 1. The topological polar surface area (TPSA) is 121 Å². The highest BCUT2D eigenvalue weighted by atomic mass is 35.5. The first-order valence-electron chi connectivity index (χ1n) is 7.13. The van der Waals surface area contributed by atoms with E-state index < -0.39 is 11.9 Å². The van der Waals surface area contributed by atoms with E-state index in [1.807, 2.05) is 18.2 Å². The molecule has 0 aliphatic carbocycles.